The van der Waals surface area contributed by atoms with Crippen LogP contribution < -0.4 is 4.74 Å². The third-order valence-corrected chi connectivity index (χ3v) is 3.61. The van der Waals surface area contributed by atoms with Crippen LogP contribution in [0, 0.1) is 0 Å². The van der Waals surface area contributed by atoms with Gasteiger partial charge in [-0.25, -0.2) is 9.97 Å². The molecule has 0 aliphatic rings. The topological polar surface area (TPSA) is 44.9 Å². The van der Waals surface area contributed by atoms with Crippen LogP contribution >= 0.6 is 11.6 Å². The van der Waals surface area contributed by atoms with E-state index in [4.69, 9.17) is 16.3 Å². The minimum atomic E-state index is 0.363. The smallest absolute Gasteiger partial charge is 0.128 e. The second kappa shape index (κ2) is 5.17. The van der Waals surface area contributed by atoms with Crippen LogP contribution in [0.3, 0.4) is 0 Å². The van der Waals surface area contributed by atoms with Crippen LogP contribution in [0.25, 0.3) is 11.0 Å². The molecule has 0 bridgehead atoms. The summed E-state index contributed by atoms with van der Waals surface area (Å²) in [6.07, 6.45) is 3.71. The Bertz CT molecular complexity index is 747. The lowest BCUT2D eigenvalue weighted by Crippen LogP contribution is -2.08. The summed E-state index contributed by atoms with van der Waals surface area (Å²) < 4.78 is 9.35. The van der Waals surface area contributed by atoms with E-state index in [0.717, 1.165) is 28.4 Å². The van der Waals surface area contributed by atoms with Crippen LogP contribution in [0.5, 0.6) is 5.75 Å². The average Bonchev–Trinajstić information content (AvgIpc) is 3.03. The highest BCUT2D eigenvalue weighted by Gasteiger charge is 2.13. The van der Waals surface area contributed by atoms with Gasteiger partial charge in [0.15, 0.2) is 0 Å². The number of benzene rings is 1. The Labute approximate surface area is 121 Å². The number of nitrogens with zero attached hydrogens (tertiary/aromatic N) is 4. The van der Waals surface area contributed by atoms with Gasteiger partial charge in [0.2, 0.25) is 0 Å². The molecule has 0 fully saturated rings. The maximum atomic E-state index is 6.02. The molecule has 0 amide bonds. The third kappa shape index (κ3) is 2.14. The molecule has 3 rings (SSSR count). The van der Waals surface area contributed by atoms with Gasteiger partial charge in [0.1, 0.15) is 17.4 Å². The maximum absolute atomic E-state index is 6.02. The largest absolute Gasteiger partial charge is 0.497 e. The Morgan fingerprint density at radius 2 is 2.15 bits per heavy atom. The van der Waals surface area contributed by atoms with Crippen LogP contribution in [0.15, 0.2) is 30.6 Å². The highest BCUT2D eigenvalue weighted by molar-refractivity contribution is 6.16. The Hall–Kier alpha value is -2.01. The molecule has 104 valence electrons. The van der Waals surface area contributed by atoms with Crippen LogP contribution in [0.4, 0.5) is 0 Å². The van der Waals surface area contributed by atoms with E-state index >= 15 is 0 Å². The van der Waals surface area contributed by atoms with E-state index < -0.39 is 0 Å². The van der Waals surface area contributed by atoms with Crippen LogP contribution in [-0.2, 0) is 19.5 Å². The molecule has 2 aromatic heterocycles. The zero-order valence-corrected chi connectivity index (χ0v) is 12.1. The number of aryl methyl sites for hydroxylation is 1. The Morgan fingerprint density at radius 1 is 1.30 bits per heavy atom. The maximum Gasteiger partial charge on any atom is 0.128 e. The molecule has 5 nitrogen and oxygen atoms in total. The number of hydrogen-bond donors (Lipinski definition) is 0. The average molecular weight is 291 g/mol. The van der Waals surface area contributed by atoms with Crippen molar-refractivity contribution in [3.8, 4) is 5.75 Å². The molecule has 0 saturated carbocycles. The summed E-state index contributed by atoms with van der Waals surface area (Å²) in [5, 5.41) is 0. The first-order valence-electron chi connectivity index (χ1n) is 6.28. The second-order valence-corrected chi connectivity index (χ2v) is 4.82. The van der Waals surface area contributed by atoms with E-state index in [2.05, 4.69) is 14.5 Å². The molecule has 0 aliphatic carbocycles. The molecule has 2 heterocycles. The molecule has 0 N–H and O–H groups in total. The number of imidazole rings is 2. The van der Waals surface area contributed by atoms with Crippen molar-refractivity contribution in [2.45, 2.75) is 12.4 Å². The van der Waals surface area contributed by atoms with E-state index in [1.54, 1.807) is 13.3 Å². The Morgan fingerprint density at radius 3 is 2.80 bits per heavy atom. The van der Waals surface area contributed by atoms with E-state index in [0.29, 0.717) is 12.4 Å². The van der Waals surface area contributed by atoms with Crippen molar-refractivity contribution in [1.29, 1.82) is 0 Å². The van der Waals surface area contributed by atoms with Crippen molar-refractivity contribution >= 4 is 22.6 Å². The Kier molecular flexibility index (Phi) is 3.36. The lowest BCUT2D eigenvalue weighted by molar-refractivity contribution is 0.415. The fourth-order valence-corrected chi connectivity index (χ4v) is 2.45. The molecule has 0 radical (unpaired) electrons. The Balaban J connectivity index is 2.13. The van der Waals surface area contributed by atoms with E-state index in [-0.39, 0.29) is 0 Å². The summed E-state index contributed by atoms with van der Waals surface area (Å²) in [5.41, 5.74) is 1.92. The molecule has 0 unspecified atom stereocenters. The molecule has 0 aliphatic heterocycles. The van der Waals surface area contributed by atoms with Crippen molar-refractivity contribution in [2.24, 2.45) is 7.05 Å². The summed E-state index contributed by atoms with van der Waals surface area (Å²) in [7, 11) is 3.63. The van der Waals surface area contributed by atoms with Gasteiger partial charge in [-0.3, -0.25) is 0 Å². The van der Waals surface area contributed by atoms with Gasteiger partial charge >= 0.3 is 0 Å². The molecule has 20 heavy (non-hydrogen) atoms. The van der Waals surface area contributed by atoms with Crippen molar-refractivity contribution in [3.05, 3.63) is 42.2 Å². The van der Waals surface area contributed by atoms with Crippen LogP contribution in [0.1, 0.15) is 11.6 Å². The van der Waals surface area contributed by atoms with E-state index in [1.165, 1.54) is 0 Å². The van der Waals surface area contributed by atoms with Crippen molar-refractivity contribution in [2.75, 3.05) is 7.11 Å². The molecule has 0 spiro atoms. The van der Waals surface area contributed by atoms with Crippen LogP contribution in [0.2, 0.25) is 0 Å². The summed E-state index contributed by atoms with van der Waals surface area (Å²) in [6.45, 7) is 0.634. The molecular weight excluding hydrogens is 276 g/mol. The van der Waals surface area contributed by atoms with Gasteiger partial charge in [-0.15, -0.1) is 11.6 Å². The number of rotatable bonds is 4. The second-order valence-electron chi connectivity index (χ2n) is 4.56. The summed E-state index contributed by atoms with van der Waals surface area (Å²) in [6, 6.07) is 5.82. The van der Waals surface area contributed by atoms with Gasteiger partial charge in [0.25, 0.3) is 0 Å². The SMILES string of the molecule is COc1ccc2nc(CCl)n(Cc3nccn3C)c2c1. The normalized spacial score (nSPS) is 11.2. The van der Waals surface area contributed by atoms with Crippen LogP contribution in [-0.4, -0.2) is 26.2 Å². The summed E-state index contributed by atoms with van der Waals surface area (Å²) in [4.78, 5) is 8.91. The summed E-state index contributed by atoms with van der Waals surface area (Å²) in [5.74, 6) is 2.96. The number of alkyl halides is 1. The van der Waals surface area contributed by atoms with Gasteiger partial charge in [-0.05, 0) is 12.1 Å². The first-order valence-corrected chi connectivity index (χ1v) is 6.81. The number of halogens is 1. The lowest BCUT2D eigenvalue weighted by Gasteiger charge is -2.08. The molecule has 1 aromatic carbocycles. The summed E-state index contributed by atoms with van der Waals surface area (Å²) >= 11 is 6.02. The number of methoxy groups -OCH3 is 1. The quantitative estimate of drug-likeness (QED) is 0.694. The van der Waals surface area contributed by atoms with E-state index in [9.17, 15) is 0 Å². The standard InChI is InChI=1S/C14H15ClN4O/c1-18-6-5-16-14(18)9-19-12-7-10(20-2)3-4-11(12)17-13(19)8-15/h3-7H,8-9H2,1-2H3. The van der Waals surface area contributed by atoms with Crippen molar-refractivity contribution < 1.29 is 4.74 Å². The fourth-order valence-electron chi connectivity index (χ4n) is 2.25. The highest BCUT2D eigenvalue weighted by atomic mass is 35.5. The molecular formula is C14H15ClN4O. The minimum absolute atomic E-state index is 0.363. The first kappa shape index (κ1) is 13.0. The molecule has 0 atom stereocenters. The van der Waals surface area contributed by atoms with Gasteiger partial charge in [0, 0.05) is 25.5 Å². The van der Waals surface area contributed by atoms with Crippen molar-refractivity contribution in [3.63, 3.8) is 0 Å². The van der Waals surface area contributed by atoms with Crippen molar-refractivity contribution in [1.82, 2.24) is 19.1 Å². The highest BCUT2D eigenvalue weighted by Crippen LogP contribution is 2.23. The molecule has 6 heteroatoms. The van der Waals surface area contributed by atoms with Gasteiger partial charge in [0.05, 0.1) is 30.6 Å². The number of fused-ring (bicyclic) bond motifs is 1. The monoisotopic (exact) mass is 290 g/mol. The predicted octanol–water partition coefficient (Wildman–Crippen LogP) is 2.57. The number of hydrogen-bond acceptors (Lipinski definition) is 3. The zero-order chi connectivity index (χ0) is 14.1. The zero-order valence-electron chi connectivity index (χ0n) is 11.4. The molecule has 0 saturated heterocycles. The molecule has 3 aromatic rings. The first-order chi connectivity index (χ1) is 9.72. The predicted molar refractivity (Wildman–Crippen MR) is 78.2 cm³/mol. The number of aromatic nitrogens is 4. The number of ether oxygens (including phenoxy) is 1. The van der Waals surface area contributed by atoms with E-state index in [1.807, 2.05) is 36.0 Å². The third-order valence-electron chi connectivity index (χ3n) is 3.37. The van der Waals surface area contributed by atoms with Gasteiger partial charge in [-0.2, -0.15) is 0 Å². The van der Waals surface area contributed by atoms with Gasteiger partial charge < -0.3 is 13.9 Å². The van der Waals surface area contributed by atoms with Gasteiger partial charge in [-0.1, -0.05) is 0 Å². The lowest BCUT2D eigenvalue weighted by atomic mass is 10.3. The minimum Gasteiger partial charge on any atom is -0.497 e. The fraction of sp³-hybridized carbons (Fsp3) is 0.286.